The van der Waals surface area contributed by atoms with E-state index in [9.17, 15) is 14.7 Å². The van der Waals surface area contributed by atoms with Crippen LogP contribution in [0.3, 0.4) is 0 Å². The highest BCUT2D eigenvalue weighted by Crippen LogP contribution is 2.19. The number of ether oxygens (including phenoxy) is 1. The summed E-state index contributed by atoms with van der Waals surface area (Å²) < 4.78 is 5.60. The van der Waals surface area contributed by atoms with E-state index in [1.54, 1.807) is 13.1 Å². The van der Waals surface area contributed by atoms with E-state index in [-0.39, 0.29) is 25.6 Å². The molecule has 6 heteroatoms. The van der Waals surface area contributed by atoms with Gasteiger partial charge >= 0.3 is 6.03 Å². The van der Waals surface area contributed by atoms with Crippen LogP contribution in [0.5, 0.6) is 5.75 Å². The topological polar surface area (TPSA) is 70.1 Å². The zero-order valence-electron chi connectivity index (χ0n) is 12.6. The maximum absolute atomic E-state index is 11.7. The van der Waals surface area contributed by atoms with Gasteiger partial charge in [0, 0.05) is 7.05 Å². The first-order valence-corrected chi connectivity index (χ1v) is 7.08. The third-order valence-electron chi connectivity index (χ3n) is 3.39. The highest BCUT2D eigenvalue weighted by Gasteiger charge is 2.34. The minimum Gasteiger partial charge on any atom is -0.491 e. The van der Waals surface area contributed by atoms with Crippen LogP contribution in [0.15, 0.2) is 36.9 Å². The van der Waals surface area contributed by atoms with E-state index in [1.807, 2.05) is 24.3 Å². The molecule has 1 heterocycles. The zero-order chi connectivity index (χ0) is 16.1. The summed E-state index contributed by atoms with van der Waals surface area (Å²) in [6.07, 6.45) is 1.51. The lowest BCUT2D eigenvalue weighted by molar-refractivity contribution is -0.126. The van der Waals surface area contributed by atoms with Crippen LogP contribution in [-0.2, 0) is 11.2 Å². The van der Waals surface area contributed by atoms with E-state index in [2.05, 4.69) is 6.58 Å². The van der Waals surface area contributed by atoms with Crippen LogP contribution in [-0.4, -0.2) is 59.7 Å². The first-order valence-electron chi connectivity index (χ1n) is 7.08. The molecule has 3 amide bonds. The van der Waals surface area contributed by atoms with E-state index in [0.717, 1.165) is 10.5 Å². The third-order valence-corrected chi connectivity index (χ3v) is 3.39. The van der Waals surface area contributed by atoms with Gasteiger partial charge in [-0.1, -0.05) is 24.3 Å². The van der Waals surface area contributed by atoms with Crippen molar-refractivity contribution < 1.29 is 19.4 Å². The number of benzene rings is 1. The van der Waals surface area contributed by atoms with E-state index in [4.69, 9.17) is 4.74 Å². The number of urea groups is 1. The molecule has 0 unspecified atom stereocenters. The Balaban J connectivity index is 1.91. The summed E-state index contributed by atoms with van der Waals surface area (Å²) in [5.41, 5.74) is 0.970. The number of imide groups is 1. The summed E-state index contributed by atoms with van der Waals surface area (Å²) >= 11 is 0. The summed E-state index contributed by atoms with van der Waals surface area (Å²) in [6, 6.07) is 7.09. The lowest BCUT2D eigenvalue weighted by atomic mass is 10.1. The van der Waals surface area contributed by atoms with Gasteiger partial charge in [-0.2, -0.15) is 0 Å². The molecule has 1 N–H and O–H groups in total. The fourth-order valence-electron chi connectivity index (χ4n) is 2.27. The van der Waals surface area contributed by atoms with E-state index >= 15 is 0 Å². The van der Waals surface area contributed by atoms with Gasteiger partial charge in [-0.25, -0.2) is 4.79 Å². The number of allylic oxidation sites excluding steroid dienone is 1. The Kier molecular flexibility index (Phi) is 5.16. The minimum atomic E-state index is -0.934. The number of hydrogen-bond donors (Lipinski definition) is 1. The molecular weight excluding hydrogens is 284 g/mol. The minimum absolute atomic E-state index is 0.00886. The molecule has 0 bridgehead atoms. The van der Waals surface area contributed by atoms with Gasteiger partial charge < -0.3 is 14.7 Å². The molecule has 0 saturated carbocycles. The number of nitrogens with zero attached hydrogens (tertiary/aromatic N) is 2. The molecule has 1 fully saturated rings. The fourth-order valence-corrected chi connectivity index (χ4v) is 2.27. The second kappa shape index (κ2) is 7.09. The van der Waals surface area contributed by atoms with Crippen molar-refractivity contribution in [3.05, 3.63) is 42.5 Å². The SMILES string of the molecule is C=CCc1ccccc1OC[C@H](O)CN1C(=O)CN(C)C1=O. The Labute approximate surface area is 129 Å². The third kappa shape index (κ3) is 3.65. The van der Waals surface area contributed by atoms with E-state index in [1.165, 1.54) is 4.90 Å². The van der Waals surface area contributed by atoms with Crippen LogP contribution in [0.2, 0.25) is 0 Å². The molecule has 0 spiro atoms. The highest BCUT2D eigenvalue weighted by molar-refractivity contribution is 6.01. The van der Waals surface area contributed by atoms with Crippen LogP contribution in [0.4, 0.5) is 4.79 Å². The molecule has 0 aromatic heterocycles. The first-order chi connectivity index (χ1) is 10.5. The number of likely N-dealkylation sites (N-methyl/N-ethyl adjacent to an activating group) is 1. The predicted octanol–water partition coefficient (Wildman–Crippen LogP) is 1.05. The summed E-state index contributed by atoms with van der Waals surface area (Å²) in [6.45, 7) is 3.69. The van der Waals surface area contributed by atoms with Crippen LogP contribution in [0.25, 0.3) is 0 Å². The van der Waals surface area contributed by atoms with E-state index in [0.29, 0.717) is 12.2 Å². The number of aliphatic hydroxyl groups excluding tert-OH is 1. The van der Waals surface area contributed by atoms with E-state index < -0.39 is 12.1 Å². The van der Waals surface area contributed by atoms with Gasteiger partial charge in [0.1, 0.15) is 25.0 Å². The highest BCUT2D eigenvalue weighted by atomic mass is 16.5. The second-order valence-corrected chi connectivity index (χ2v) is 5.21. The molecule has 1 aromatic rings. The fraction of sp³-hybridized carbons (Fsp3) is 0.375. The molecule has 1 atom stereocenters. The molecular formula is C16H20N2O4. The van der Waals surface area contributed by atoms with Gasteiger partial charge in [-0.3, -0.25) is 9.69 Å². The molecule has 6 nitrogen and oxygen atoms in total. The molecule has 1 saturated heterocycles. The zero-order valence-corrected chi connectivity index (χ0v) is 12.6. The van der Waals surface area contributed by atoms with Gasteiger partial charge in [0.15, 0.2) is 0 Å². The summed E-state index contributed by atoms with van der Waals surface area (Å²) in [7, 11) is 1.55. The summed E-state index contributed by atoms with van der Waals surface area (Å²) in [5, 5.41) is 10.0. The molecule has 2 rings (SSSR count). The summed E-state index contributed by atoms with van der Waals surface area (Å²) in [4.78, 5) is 25.7. The normalized spacial score (nSPS) is 16.1. The van der Waals surface area contributed by atoms with Crippen LogP contribution < -0.4 is 4.74 Å². The van der Waals surface area contributed by atoms with Crippen molar-refractivity contribution in [2.75, 3.05) is 26.7 Å². The van der Waals surface area contributed by atoms with Crippen LogP contribution in [0, 0.1) is 0 Å². The standard InChI is InChI=1S/C16H20N2O4/c1-3-6-12-7-4-5-8-14(12)22-11-13(19)9-18-15(20)10-17(2)16(18)21/h3-5,7-8,13,19H,1,6,9-11H2,2H3/t13-/m1/s1. The van der Waals surface area contributed by atoms with Crippen molar-refractivity contribution in [1.82, 2.24) is 9.80 Å². The predicted molar refractivity (Wildman–Crippen MR) is 81.6 cm³/mol. The van der Waals surface area contributed by atoms with Gasteiger partial charge in [-0.15, -0.1) is 6.58 Å². The molecule has 0 aliphatic carbocycles. The Bertz CT molecular complexity index is 573. The molecule has 22 heavy (non-hydrogen) atoms. The summed E-state index contributed by atoms with van der Waals surface area (Å²) in [5.74, 6) is 0.358. The van der Waals surface area contributed by atoms with Crippen molar-refractivity contribution in [2.45, 2.75) is 12.5 Å². The molecule has 118 valence electrons. The molecule has 1 aromatic carbocycles. The number of β-amino-alcohol motifs (C(OH)–C–C–N with tert-alkyl or cyclic N) is 1. The van der Waals surface area contributed by atoms with Gasteiger partial charge in [0.25, 0.3) is 0 Å². The average Bonchev–Trinajstić information content (AvgIpc) is 2.73. The first kappa shape index (κ1) is 16.0. The Hall–Kier alpha value is -2.34. The average molecular weight is 304 g/mol. The molecule has 1 aliphatic heterocycles. The van der Waals surface area contributed by atoms with Crippen LogP contribution >= 0.6 is 0 Å². The number of carbonyl (C=O) groups is 2. The molecule has 1 aliphatic rings. The number of carbonyl (C=O) groups excluding carboxylic acids is 2. The smallest absolute Gasteiger partial charge is 0.327 e. The van der Waals surface area contributed by atoms with Gasteiger partial charge in [-0.05, 0) is 18.1 Å². The Morgan fingerprint density at radius 2 is 2.14 bits per heavy atom. The van der Waals surface area contributed by atoms with Crippen molar-refractivity contribution in [1.29, 1.82) is 0 Å². The maximum Gasteiger partial charge on any atom is 0.327 e. The number of rotatable bonds is 7. The Morgan fingerprint density at radius 3 is 2.77 bits per heavy atom. The van der Waals surface area contributed by atoms with Crippen molar-refractivity contribution >= 4 is 11.9 Å². The molecule has 0 radical (unpaired) electrons. The Morgan fingerprint density at radius 1 is 1.41 bits per heavy atom. The number of para-hydroxylation sites is 1. The van der Waals surface area contributed by atoms with Crippen molar-refractivity contribution in [3.8, 4) is 5.75 Å². The van der Waals surface area contributed by atoms with Gasteiger partial charge in [0.05, 0.1) is 6.54 Å². The number of aliphatic hydroxyl groups is 1. The number of hydrogen-bond acceptors (Lipinski definition) is 4. The largest absolute Gasteiger partial charge is 0.491 e. The lowest BCUT2D eigenvalue weighted by Crippen LogP contribution is -2.40. The monoisotopic (exact) mass is 304 g/mol. The van der Waals surface area contributed by atoms with Crippen molar-refractivity contribution in [2.24, 2.45) is 0 Å². The quantitative estimate of drug-likeness (QED) is 0.604. The lowest BCUT2D eigenvalue weighted by Gasteiger charge is -2.19. The van der Waals surface area contributed by atoms with Gasteiger partial charge in [0.2, 0.25) is 5.91 Å². The van der Waals surface area contributed by atoms with Crippen molar-refractivity contribution in [3.63, 3.8) is 0 Å². The maximum atomic E-state index is 11.7. The van der Waals surface area contributed by atoms with Crippen LogP contribution in [0.1, 0.15) is 5.56 Å². The second-order valence-electron chi connectivity index (χ2n) is 5.21. The number of amides is 3.